The van der Waals surface area contributed by atoms with Crippen LogP contribution in [0.1, 0.15) is 413 Å². The number of phosphoric acid groups is 2. The van der Waals surface area contributed by atoms with Crippen LogP contribution in [0, 0.1) is 5.92 Å². The van der Waals surface area contributed by atoms with Gasteiger partial charge in [-0.1, -0.05) is 362 Å². The molecule has 576 valence electrons. The Morgan fingerprint density at radius 1 is 0.278 bits per heavy atom. The van der Waals surface area contributed by atoms with Crippen LogP contribution in [-0.4, -0.2) is 96.7 Å². The van der Waals surface area contributed by atoms with E-state index >= 15 is 0 Å². The van der Waals surface area contributed by atoms with Crippen LogP contribution in [0.25, 0.3) is 0 Å². The summed E-state index contributed by atoms with van der Waals surface area (Å²) in [7, 11) is -9.91. The molecule has 0 bridgehead atoms. The summed E-state index contributed by atoms with van der Waals surface area (Å²) in [6.07, 6.45) is 61.1. The van der Waals surface area contributed by atoms with E-state index < -0.39 is 97.5 Å². The second kappa shape index (κ2) is 71.1. The summed E-state index contributed by atoms with van der Waals surface area (Å²) < 4.78 is 68.5. The van der Waals surface area contributed by atoms with E-state index in [4.69, 9.17) is 37.0 Å². The van der Waals surface area contributed by atoms with E-state index in [0.29, 0.717) is 25.7 Å². The Kier molecular flexibility index (Phi) is 69.6. The molecule has 0 fully saturated rings. The molecular formula is C78H152O17P2. The number of esters is 4. The lowest BCUT2D eigenvalue weighted by molar-refractivity contribution is -0.161. The Balaban J connectivity index is 5.18. The van der Waals surface area contributed by atoms with Gasteiger partial charge in [0.15, 0.2) is 12.2 Å². The van der Waals surface area contributed by atoms with Crippen molar-refractivity contribution in [2.75, 3.05) is 39.6 Å². The van der Waals surface area contributed by atoms with Crippen LogP contribution < -0.4 is 0 Å². The maximum absolute atomic E-state index is 13.1. The third-order valence-corrected chi connectivity index (χ3v) is 20.2. The zero-order chi connectivity index (χ0) is 71.2. The number of aliphatic hydroxyl groups excluding tert-OH is 1. The Hall–Kier alpha value is -1.94. The lowest BCUT2D eigenvalue weighted by Crippen LogP contribution is -2.30. The summed E-state index contributed by atoms with van der Waals surface area (Å²) in [5, 5.41) is 10.6. The molecule has 0 saturated carbocycles. The molecule has 0 aliphatic rings. The second-order valence-electron chi connectivity index (χ2n) is 28.6. The van der Waals surface area contributed by atoms with Crippen molar-refractivity contribution < 1.29 is 80.2 Å². The van der Waals surface area contributed by atoms with Crippen LogP contribution in [0.4, 0.5) is 0 Å². The van der Waals surface area contributed by atoms with Crippen molar-refractivity contribution in [3.8, 4) is 0 Å². The largest absolute Gasteiger partial charge is 0.472 e. The van der Waals surface area contributed by atoms with E-state index in [9.17, 15) is 43.2 Å². The van der Waals surface area contributed by atoms with E-state index in [-0.39, 0.29) is 25.7 Å². The third-order valence-electron chi connectivity index (χ3n) is 18.3. The number of ether oxygens (including phenoxy) is 4. The molecule has 0 aromatic rings. The molecule has 19 heteroatoms. The summed E-state index contributed by atoms with van der Waals surface area (Å²) in [5.41, 5.74) is 0. The van der Waals surface area contributed by atoms with Gasteiger partial charge in [0.2, 0.25) is 0 Å². The number of rotatable bonds is 78. The van der Waals surface area contributed by atoms with E-state index in [1.807, 2.05) is 0 Å². The molecule has 2 unspecified atom stereocenters. The van der Waals surface area contributed by atoms with Gasteiger partial charge in [-0.25, -0.2) is 9.13 Å². The van der Waals surface area contributed by atoms with Crippen LogP contribution in [0.3, 0.4) is 0 Å². The van der Waals surface area contributed by atoms with Crippen LogP contribution in [0.15, 0.2) is 0 Å². The Morgan fingerprint density at radius 3 is 0.701 bits per heavy atom. The predicted molar refractivity (Wildman–Crippen MR) is 395 cm³/mol. The highest BCUT2D eigenvalue weighted by Crippen LogP contribution is 2.45. The lowest BCUT2D eigenvalue weighted by atomic mass is 10.0. The maximum Gasteiger partial charge on any atom is 0.472 e. The predicted octanol–water partition coefficient (Wildman–Crippen LogP) is 23.3. The fourth-order valence-electron chi connectivity index (χ4n) is 12.1. The first-order valence-electron chi connectivity index (χ1n) is 40.6. The first-order chi connectivity index (χ1) is 47.0. The molecule has 0 aromatic carbocycles. The van der Waals surface area contributed by atoms with E-state index in [2.05, 4.69) is 34.6 Å². The quantitative estimate of drug-likeness (QED) is 0.0222. The maximum atomic E-state index is 13.1. The van der Waals surface area contributed by atoms with Gasteiger partial charge in [-0.2, -0.15) is 0 Å². The van der Waals surface area contributed by atoms with Gasteiger partial charge in [-0.15, -0.1) is 0 Å². The Bertz CT molecular complexity index is 1860. The standard InChI is InChI=1S/C78H152O17P2/c1-6-9-12-15-18-21-24-25-26-27-28-29-30-31-32-33-34-38-44-49-54-59-64-78(83)95-74(68-89-76(81)62-57-52-47-42-39-35-37-40-45-50-55-60-71(4)5)70-93-97(86,87)91-66-72(79)65-90-96(84,85)92-69-73(67-88-75(80)61-56-51-46-41-23-20-17-14-11-8-3)94-77(82)63-58-53-48-43-36-22-19-16-13-10-7-2/h71-74,79H,6-70H2,1-5H3,(H,84,85)(H,86,87)/t72-,73+,74+/m0/s1. The summed E-state index contributed by atoms with van der Waals surface area (Å²) in [4.78, 5) is 72.8. The van der Waals surface area contributed by atoms with Gasteiger partial charge in [0.05, 0.1) is 26.4 Å². The average Bonchev–Trinajstić information content (AvgIpc) is 1.60. The van der Waals surface area contributed by atoms with E-state index in [1.165, 1.54) is 238 Å². The van der Waals surface area contributed by atoms with Crippen molar-refractivity contribution in [3.63, 3.8) is 0 Å². The number of carbonyl (C=O) groups is 4. The van der Waals surface area contributed by atoms with Crippen molar-refractivity contribution >= 4 is 39.5 Å². The van der Waals surface area contributed by atoms with E-state index in [0.717, 1.165) is 95.8 Å². The molecule has 5 atom stereocenters. The van der Waals surface area contributed by atoms with Gasteiger partial charge in [0.1, 0.15) is 19.3 Å². The van der Waals surface area contributed by atoms with Crippen LogP contribution in [-0.2, 0) is 65.4 Å². The van der Waals surface area contributed by atoms with Gasteiger partial charge < -0.3 is 33.8 Å². The number of unbranched alkanes of at least 4 members (excludes halogenated alkanes) is 50. The fraction of sp³-hybridized carbons (Fsp3) is 0.949. The second-order valence-corrected chi connectivity index (χ2v) is 31.5. The molecular weight excluding hydrogens is 1270 g/mol. The van der Waals surface area contributed by atoms with Crippen molar-refractivity contribution in [2.45, 2.75) is 432 Å². The minimum Gasteiger partial charge on any atom is -0.462 e. The van der Waals surface area contributed by atoms with Gasteiger partial charge in [0, 0.05) is 25.7 Å². The van der Waals surface area contributed by atoms with Gasteiger partial charge in [-0.05, 0) is 31.6 Å². The number of carbonyl (C=O) groups excluding carboxylic acids is 4. The van der Waals surface area contributed by atoms with Crippen molar-refractivity contribution in [3.05, 3.63) is 0 Å². The van der Waals surface area contributed by atoms with Gasteiger partial charge in [0.25, 0.3) is 0 Å². The highest BCUT2D eigenvalue weighted by atomic mass is 31.2. The topological polar surface area (TPSA) is 237 Å². The molecule has 0 rings (SSSR count). The SMILES string of the molecule is CCCCCCCCCCCCCCCCCCCCCCCCC(=O)O[C@H](COC(=O)CCCCCCCCCCCCCC(C)C)COP(=O)(O)OC[C@@H](O)COP(=O)(O)OC[C@@H](COC(=O)CCCCCCCCCCCC)OC(=O)CCCCCCCCCCCCC. The number of phosphoric ester groups is 2. The first-order valence-corrected chi connectivity index (χ1v) is 43.6. The number of aliphatic hydroxyl groups is 1. The van der Waals surface area contributed by atoms with Gasteiger partial charge in [-0.3, -0.25) is 37.3 Å². The normalized spacial score (nSPS) is 13.9. The fourth-order valence-corrected chi connectivity index (χ4v) is 13.6. The first kappa shape index (κ1) is 95.1. The molecule has 0 heterocycles. The zero-order valence-corrected chi connectivity index (χ0v) is 65.0. The highest BCUT2D eigenvalue weighted by Gasteiger charge is 2.30. The molecule has 3 N–H and O–H groups in total. The average molecular weight is 1420 g/mol. The molecule has 0 aliphatic heterocycles. The molecule has 0 aliphatic carbocycles. The Morgan fingerprint density at radius 2 is 0.474 bits per heavy atom. The summed E-state index contributed by atoms with van der Waals surface area (Å²) in [6, 6.07) is 0. The third kappa shape index (κ3) is 72.2. The molecule has 0 aromatic heterocycles. The Labute approximate surface area is 594 Å². The summed E-state index contributed by atoms with van der Waals surface area (Å²) in [5.74, 6) is -1.34. The molecule has 17 nitrogen and oxygen atoms in total. The molecule has 0 spiro atoms. The van der Waals surface area contributed by atoms with E-state index in [1.54, 1.807) is 0 Å². The van der Waals surface area contributed by atoms with Crippen LogP contribution in [0.5, 0.6) is 0 Å². The summed E-state index contributed by atoms with van der Waals surface area (Å²) in [6.45, 7) is 7.29. The molecule has 97 heavy (non-hydrogen) atoms. The van der Waals surface area contributed by atoms with Crippen LogP contribution in [0.2, 0.25) is 0 Å². The number of hydrogen-bond donors (Lipinski definition) is 3. The lowest BCUT2D eigenvalue weighted by Gasteiger charge is -2.21. The molecule has 0 saturated heterocycles. The van der Waals surface area contributed by atoms with Crippen LogP contribution >= 0.6 is 15.6 Å². The number of hydrogen-bond acceptors (Lipinski definition) is 15. The highest BCUT2D eigenvalue weighted by molar-refractivity contribution is 7.47. The molecule has 0 amide bonds. The van der Waals surface area contributed by atoms with Gasteiger partial charge >= 0.3 is 39.5 Å². The van der Waals surface area contributed by atoms with Crippen molar-refractivity contribution in [2.24, 2.45) is 5.92 Å². The summed E-state index contributed by atoms with van der Waals surface area (Å²) >= 11 is 0. The van der Waals surface area contributed by atoms with Crippen molar-refractivity contribution in [1.29, 1.82) is 0 Å². The zero-order valence-electron chi connectivity index (χ0n) is 63.2. The molecule has 0 radical (unpaired) electrons. The minimum absolute atomic E-state index is 0.107. The monoisotopic (exact) mass is 1420 g/mol. The van der Waals surface area contributed by atoms with Crippen molar-refractivity contribution in [1.82, 2.24) is 0 Å². The smallest absolute Gasteiger partial charge is 0.462 e. The minimum atomic E-state index is -4.96.